The van der Waals surface area contributed by atoms with Crippen molar-refractivity contribution in [3.8, 4) is 5.75 Å². The van der Waals surface area contributed by atoms with E-state index >= 15 is 0 Å². The van der Waals surface area contributed by atoms with E-state index in [0.29, 0.717) is 54.7 Å². The van der Waals surface area contributed by atoms with Crippen LogP contribution in [0.1, 0.15) is 93.1 Å². The Hall–Kier alpha value is -4.60. The average Bonchev–Trinajstić information content (AvgIpc) is 3.92. The Morgan fingerprint density at radius 2 is 1.74 bits per heavy atom. The Morgan fingerprint density at radius 1 is 1.06 bits per heavy atom. The van der Waals surface area contributed by atoms with Crippen LogP contribution in [0.5, 0.6) is 5.75 Å². The monoisotopic (exact) mass is 880 g/mol. The maximum Gasteiger partial charge on any atom is 0.329 e. The van der Waals surface area contributed by atoms with Crippen LogP contribution in [0.25, 0.3) is 10.4 Å². The Bertz CT molecular complexity index is 1880. The highest BCUT2D eigenvalue weighted by Gasteiger charge is 2.45. The number of esters is 1. The highest BCUT2D eigenvalue weighted by atomic mass is 32.2. The lowest BCUT2D eigenvalue weighted by atomic mass is 9.81. The minimum Gasteiger partial charge on any atom is -0.497 e. The van der Waals surface area contributed by atoms with Crippen molar-refractivity contribution in [2.24, 2.45) is 33.3 Å². The standard InChI is InChI=1S/C45H68N8O8S/c1-12-27(3)38-43(58)53-19-13-14-34(53)44(59)61-37(45(6,7)8)21-26(2)20-36(54)29(5)40-48-31(25-62-40)22-28(4)39(55)49-33(23-30-15-17-32(60-11)18-16-30)41(56)51(9)35(24-47-50-46)42(57)52(38)10/h15-18,22,26-27,29,31,33-38,54H,12-14,19-21,23-25H2,1-11H3,(H,49,55)/b28-22+/t26-,27-,29-,31-,33-,34-,35?,36-,37-,38-/m0/s1. The fourth-order valence-electron chi connectivity index (χ4n) is 8.33. The first-order valence-electron chi connectivity index (χ1n) is 21.8. The molecule has 1 fully saturated rings. The van der Waals surface area contributed by atoms with E-state index in [4.69, 9.17) is 14.5 Å². The van der Waals surface area contributed by atoms with Gasteiger partial charge in [0, 0.05) is 49.2 Å². The maximum atomic E-state index is 14.7. The molecule has 0 saturated carbocycles. The van der Waals surface area contributed by atoms with Gasteiger partial charge in [0.05, 0.1) is 30.8 Å². The SMILES string of the molecule is CC[C@H](C)[C@H]1C(=O)N2CCC[C@H]2C(=O)O[C@H](C(C)(C)C)C[C@@H](C)C[C@H](O)[C@H](C)C2=N[C@@H](/C=C(\C)C(=O)N[C@@H](Cc3ccc(OC)cc3)C(=O)N(C)C(CN=[N+]=[N-])C(=O)N1C)CS2. The number of rotatable bonds is 7. The van der Waals surface area contributed by atoms with Crippen molar-refractivity contribution < 1.29 is 38.6 Å². The Labute approximate surface area is 371 Å². The van der Waals surface area contributed by atoms with Crippen LogP contribution in [0.15, 0.2) is 46.0 Å². The molecular formula is C45H68N8O8S. The number of thioether (sulfide) groups is 1. The fourth-order valence-corrected chi connectivity index (χ4v) is 9.47. The highest BCUT2D eigenvalue weighted by molar-refractivity contribution is 8.14. The molecule has 17 heteroatoms. The number of methoxy groups -OCH3 is 1. The number of carbonyl (C=O) groups excluding carboxylic acids is 5. The number of nitrogens with zero attached hydrogens (tertiary/aromatic N) is 7. The quantitative estimate of drug-likeness (QED) is 0.152. The number of fused-ring (bicyclic) bond motifs is 2. The second kappa shape index (κ2) is 22.2. The molecule has 2 bridgehead atoms. The van der Waals surface area contributed by atoms with Gasteiger partial charge in [-0.05, 0) is 73.1 Å². The zero-order chi connectivity index (χ0) is 46.1. The summed E-state index contributed by atoms with van der Waals surface area (Å²) in [7, 11) is 4.44. The summed E-state index contributed by atoms with van der Waals surface area (Å²) in [5.41, 5.74) is 9.99. The number of nitrogens with one attached hydrogen (secondary N) is 1. The normalized spacial score (nSPS) is 30.5. The number of benzene rings is 1. The number of aliphatic hydroxyl groups is 1. The van der Waals surface area contributed by atoms with E-state index in [9.17, 15) is 34.6 Å². The summed E-state index contributed by atoms with van der Waals surface area (Å²) in [6.45, 7) is 15.2. The van der Waals surface area contributed by atoms with E-state index in [2.05, 4.69) is 15.3 Å². The molecule has 0 aliphatic carbocycles. The topological polar surface area (TPSA) is 207 Å². The van der Waals surface area contributed by atoms with Gasteiger partial charge in [-0.15, -0.1) is 11.8 Å². The molecule has 62 heavy (non-hydrogen) atoms. The molecule has 0 aromatic heterocycles. The van der Waals surface area contributed by atoms with Gasteiger partial charge in [0.2, 0.25) is 23.6 Å². The minimum absolute atomic E-state index is 0.0339. The molecular weight excluding hydrogens is 813 g/mol. The maximum absolute atomic E-state index is 14.7. The molecule has 0 radical (unpaired) electrons. The molecule has 1 saturated heterocycles. The number of carbonyl (C=O) groups is 5. The molecule has 4 amide bonds. The van der Waals surface area contributed by atoms with E-state index < -0.39 is 77.9 Å². The number of amides is 4. The summed E-state index contributed by atoms with van der Waals surface area (Å²) >= 11 is 1.53. The number of aliphatic imine (C=N–C) groups is 1. The molecule has 4 rings (SSSR count). The lowest BCUT2D eigenvalue weighted by Gasteiger charge is -2.39. The summed E-state index contributed by atoms with van der Waals surface area (Å²) in [6.07, 6.45) is 2.96. The number of likely N-dealkylation sites (N-methyl/N-ethyl adjacent to an activating group) is 2. The van der Waals surface area contributed by atoms with Gasteiger partial charge in [0.25, 0.3) is 0 Å². The zero-order valence-corrected chi connectivity index (χ0v) is 39.2. The van der Waals surface area contributed by atoms with Gasteiger partial charge in [-0.25, -0.2) is 4.79 Å². The molecule has 1 unspecified atom stereocenters. The van der Waals surface area contributed by atoms with Crippen LogP contribution in [-0.2, 0) is 35.1 Å². The molecule has 3 heterocycles. The summed E-state index contributed by atoms with van der Waals surface area (Å²) in [4.78, 5) is 83.8. The number of aliphatic hydroxyl groups excluding tert-OH is 1. The first kappa shape index (κ1) is 50.0. The van der Waals surface area contributed by atoms with Crippen molar-refractivity contribution in [1.82, 2.24) is 20.0 Å². The van der Waals surface area contributed by atoms with Gasteiger partial charge in [-0.1, -0.05) is 78.2 Å². The fraction of sp³-hybridized carbons (Fsp3) is 0.689. The summed E-state index contributed by atoms with van der Waals surface area (Å²) in [5, 5.41) is 18.8. The molecule has 16 nitrogen and oxygen atoms in total. The average molecular weight is 881 g/mol. The molecule has 1 aromatic rings. The van der Waals surface area contributed by atoms with Gasteiger partial charge in [-0.2, -0.15) is 0 Å². The number of azide groups is 1. The molecule has 342 valence electrons. The summed E-state index contributed by atoms with van der Waals surface area (Å²) < 4.78 is 11.6. The smallest absolute Gasteiger partial charge is 0.329 e. The lowest BCUT2D eigenvalue weighted by molar-refractivity contribution is -0.166. The molecule has 3 aliphatic heterocycles. The van der Waals surface area contributed by atoms with Gasteiger partial charge in [0.15, 0.2) is 0 Å². The third-order valence-electron chi connectivity index (χ3n) is 12.6. The molecule has 1 aromatic carbocycles. The Balaban J connectivity index is 1.80. The lowest BCUT2D eigenvalue weighted by Crippen LogP contribution is -2.60. The van der Waals surface area contributed by atoms with E-state index in [-0.39, 0.29) is 36.8 Å². The zero-order valence-electron chi connectivity index (χ0n) is 38.4. The van der Waals surface area contributed by atoms with Crippen molar-refractivity contribution in [2.45, 2.75) is 136 Å². The van der Waals surface area contributed by atoms with E-state index in [0.717, 1.165) is 5.04 Å². The third kappa shape index (κ3) is 12.5. The first-order chi connectivity index (χ1) is 29.2. The Morgan fingerprint density at radius 3 is 2.35 bits per heavy atom. The molecule has 0 spiro atoms. The van der Waals surface area contributed by atoms with E-state index in [1.807, 2.05) is 48.5 Å². The molecule has 10 atom stereocenters. The van der Waals surface area contributed by atoms with Gasteiger partial charge < -0.3 is 34.6 Å². The molecule has 2 N–H and O–H groups in total. The second-order valence-electron chi connectivity index (χ2n) is 18.3. The third-order valence-corrected chi connectivity index (χ3v) is 13.9. The second-order valence-corrected chi connectivity index (χ2v) is 19.4. The van der Waals surface area contributed by atoms with E-state index in [1.54, 1.807) is 44.4 Å². The van der Waals surface area contributed by atoms with Gasteiger partial charge in [0.1, 0.15) is 36.0 Å². The predicted octanol–water partition coefficient (Wildman–Crippen LogP) is 5.57. The first-order valence-corrected chi connectivity index (χ1v) is 22.8. The van der Waals surface area contributed by atoms with Crippen LogP contribution in [0.2, 0.25) is 0 Å². The van der Waals surface area contributed by atoms with Crippen LogP contribution in [0.4, 0.5) is 0 Å². The predicted molar refractivity (Wildman–Crippen MR) is 240 cm³/mol. The van der Waals surface area contributed by atoms with E-state index in [1.165, 1.54) is 40.6 Å². The number of ether oxygens (including phenoxy) is 2. The van der Waals surface area contributed by atoms with Crippen molar-refractivity contribution in [3.05, 3.63) is 51.9 Å². The van der Waals surface area contributed by atoms with Crippen LogP contribution in [-0.4, -0.2) is 137 Å². The number of hydrogen-bond donors (Lipinski definition) is 2. The van der Waals surface area contributed by atoms with Crippen LogP contribution in [0.3, 0.4) is 0 Å². The van der Waals surface area contributed by atoms with Crippen LogP contribution < -0.4 is 10.1 Å². The molecule has 3 aliphatic rings. The highest BCUT2D eigenvalue weighted by Crippen LogP contribution is 2.34. The van der Waals surface area contributed by atoms with Gasteiger partial charge >= 0.3 is 5.97 Å². The van der Waals surface area contributed by atoms with Crippen molar-refractivity contribution in [3.63, 3.8) is 0 Å². The van der Waals surface area contributed by atoms with Crippen LogP contribution in [0, 0.1) is 23.2 Å². The van der Waals surface area contributed by atoms with Crippen molar-refractivity contribution in [2.75, 3.05) is 40.0 Å². The Kier molecular flexibility index (Phi) is 17.9. The summed E-state index contributed by atoms with van der Waals surface area (Å²) in [6, 6.07) is 2.28. The van der Waals surface area contributed by atoms with Crippen molar-refractivity contribution >= 4 is 46.4 Å². The number of hydrogen-bond acceptors (Lipinski definition) is 11. The van der Waals surface area contributed by atoms with Crippen molar-refractivity contribution in [1.29, 1.82) is 0 Å². The largest absolute Gasteiger partial charge is 0.497 e. The minimum atomic E-state index is -1.35. The van der Waals surface area contributed by atoms with Gasteiger partial charge in [-0.3, -0.25) is 24.2 Å². The van der Waals surface area contributed by atoms with Crippen LogP contribution >= 0.6 is 11.8 Å². The summed E-state index contributed by atoms with van der Waals surface area (Å²) in [5.74, 6) is -2.21. The number of cyclic esters (lactones) is 1.